The minimum Gasteiger partial charge on any atom is -0.481 e. The fourth-order valence-electron chi connectivity index (χ4n) is 1.59. The quantitative estimate of drug-likeness (QED) is 0.354. The zero-order chi connectivity index (χ0) is 10.6. The summed E-state index contributed by atoms with van der Waals surface area (Å²) in [6.07, 6.45) is 9.07. The number of aliphatic carboxylic acids is 1. The van der Waals surface area contributed by atoms with Gasteiger partial charge in [-0.2, -0.15) is 0 Å². The van der Waals surface area contributed by atoms with Crippen LogP contribution in [0.4, 0.5) is 0 Å². The van der Waals surface area contributed by atoms with Crippen molar-refractivity contribution in [2.24, 2.45) is 11.8 Å². The van der Waals surface area contributed by atoms with Crippen molar-refractivity contribution in [3.8, 4) is 0 Å². The van der Waals surface area contributed by atoms with Crippen LogP contribution < -0.4 is 0 Å². The Bertz CT molecular complexity index is 225. The third-order valence-electron chi connectivity index (χ3n) is 2.60. The standard InChI is InChI=1S/C11H17IO2/c1-2-3-4-5-6-7-8-9(10(8)12)11(13)14/h6-10H,2-5H2,1H3,(H,13,14)/b7-6+/t8-,9+,10-/m1/s1. The normalized spacial score (nSPS) is 30.9. The highest BCUT2D eigenvalue weighted by molar-refractivity contribution is 14.1. The molecule has 80 valence electrons. The van der Waals surface area contributed by atoms with Gasteiger partial charge in [0, 0.05) is 9.84 Å². The van der Waals surface area contributed by atoms with Crippen LogP contribution >= 0.6 is 22.6 Å². The maximum absolute atomic E-state index is 10.7. The van der Waals surface area contributed by atoms with Crippen molar-refractivity contribution in [2.75, 3.05) is 0 Å². The maximum Gasteiger partial charge on any atom is 0.308 e. The molecule has 0 aromatic carbocycles. The fraction of sp³-hybridized carbons (Fsp3) is 0.727. The smallest absolute Gasteiger partial charge is 0.308 e. The SMILES string of the molecule is CCCCC/C=C/[C@H]1[C@@H](I)[C@H]1C(=O)O. The van der Waals surface area contributed by atoms with E-state index in [9.17, 15) is 4.79 Å². The summed E-state index contributed by atoms with van der Waals surface area (Å²) in [5.41, 5.74) is 0. The largest absolute Gasteiger partial charge is 0.481 e. The van der Waals surface area contributed by atoms with E-state index in [1.807, 2.05) is 0 Å². The van der Waals surface area contributed by atoms with Crippen LogP contribution in [0.25, 0.3) is 0 Å². The first-order valence-corrected chi connectivity index (χ1v) is 6.46. The Morgan fingerprint density at radius 1 is 1.50 bits per heavy atom. The van der Waals surface area contributed by atoms with Crippen LogP contribution in [0.3, 0.4) is 0 Å². The lowest BCUT2D eigenvalue weighted by Crippen LogP contribution is -1.99. The van der Waals surface area contributed by atoms with Gasteiger partial charge in [0.1, 0.15) is 0 Å². The van der Waals surface area contributed by atoms with E-state index in [4.69, 9.17) is 5.11 Å². The summed E-state index contributed by atoms with van der Waals surface area (Å²) in [7, 11) is 0. The maximum atomic E-state index is 10.7. The highest BCUT2D eigenvalue weighted by Gasteiger charge is 2.51. The lowest BCUT2D eigenvalue weighted by Gasteiger charge is -1.91. The van der Waals surface area contributed by atoms with Gasteiger partial charge in [-0.1, -0.05) is 54.5 Å². The molecule has 0 aliphatic heterocycles. The molecule has 0 radical (unpaired) electrons. The monoisotopic (exact) mass is 308 g/mol. The number of allylic oxidation sites excluding steroid dienone is 2. The van der Waals surface area contributed by atoms with Gasteiger partial charge in [-0.05, 0) is 12.8 Å². The van der Waals surface area contributed by atoms with Crippen LogP contribution in [0.2, 0.25) is 0 Å². The molecule has 1 rings (SSSR count). The Hall–Kier alpha value is -0.0600. The molecule has 0 aromatic heterocycles. The zero-order valence-electron chi connectivity index (χ0n) is 8.45. The molecular formula is C11H17IO2. The highest BCUT2D eigenvalue weighted by atomic mass is 127. The number of carboxylic acid groups (broad SMARTS) is 1. The van der Waals surface area contributed by atoms with Gasteiger partial charge in [-0.25, -0.2) is 0 Å². The summed E-state index contributed by atoms with van der Waals surface area (Å²) in [5.74, 6) is -0.486. The minimum atomic E-state index is -0.646. The number of carbonyl (C=O) groups is 1. The first-order chi connectivity index (χ1) is 6.68. The predicted octanol–water partition coefficient (Wildman–Crippen LogP) is 3.26. The predicted molar refractivity (Wildman–Crippen MR) is 65.7 cm³/mol. The van der Waals surface area contributed by atoms with E-state index < -0.39 is 5.97 Å². The molecule has 3 atom stereocenters. The van der Waals surface area contributed by atoms with Crippen LogP contribution in [-0.4, -0.2) is 15.0 Å². The third kappa shape index (κ3) is 3.26. The van der Waals surface area contributed by atoms with Crippen molar-refractivity contribution in [1.29, 1.82) is 0 Å². The Labute approximate surface area is 98.9 Å². The summed E-state index contributed by atoms with van der Waals surface area (Å²) in [5, 5.41) is 8.80. The minimum absolute atomic E-state index is 0.127. The Balaban J connectivity index is 2.16. The molecule has 0 bridgehead atoms. The number of alkyl halides is 1. The van der Waals surface area contributed by atoms with E-state index in [0.29, 0.717) is 3.92 Å². The lowest BCUT2D eigenvalue weighted by atomic mass is 10.2. The second-order valence-corrected chi connectivity index (χ2v) is 5.25. The van der Waals surface area contributed by atoms with Crippen molar-refractivity contribution in [3.63, 3.8) is 0 Å². The molecular weight excluding hydrogens is 291 g/mol. The Morgan fingerprint density at radius 3 is 2.71 bits per heavy atom. The molecule has 0 heterocycles. The summed E-state index contributed by atoms with van der Waals surface area (Å²) < 4.78 is 0.313. The highest BCUT2D eigenvalue weighted by Crippen LogP contribution is 2.47. The van der Waals surface area contributed by atoms with Crippen LogP contribution in [0.15, 0.2) is 12.2 Å². The number of hydrogen-bond donors (Lipinski definition) is 1. The lowest BCUT2D eigenvalue weighted by molar-refractivity contribution is -0.138. The van der Waals surface area contributed by atoms with Gasteiger partial charge in [-0.15, -0.1) is 0 Å². The molecule has 3 heteroatoms. The van der Waals surface area contributed by atoms with Gasteiger partial charge < -0.3 is 5.11 Å². The van der Waals surface area contributed by atoms with Gasteiger partial charge in [0.15, 0.2) is 0 Å². The average molecular weight is 308 g/mol. The second-order valence-electron chi connectivity index (χ2n) is 3.81. The van der Waals surface area contributed by atoms with E-state index in [-0.39, 0.29) is 11.8 Å². The van der Waals surface area contributed by atoms with E-state index in [1.54, 1.807) is 0 Å². The number of rotatable bonds is 6. The molecule has 0 amide bonds. The van der Waals surface area contributed by atoms with Gasteiger partial charge in [0.2, 0.25) is 0 Å². The van der Waals surface area contributed by atoms with Crippen molar-refractivity contribution in [3.05, 3.63) is 12.2 Å². The molecule has 1 aliphatic rings. The number of halogens is 1. The molecule has 2 nitrogen and oxygen atoms in total. The molecule has 14 heavy (non-hydrogen) atoms. The molecule has 1 aliphatic carbocycles. The third-order valence-corrected chi connectivity index (χ3v) is 4.21. The first kappa shape index (κ1) is 12.0. The van der Waals surface area contributed by atoms with E-state index in [1.165, 1.54) is 19.3 Å². The van der Waals surface area contributed by atoms with Crippen molar-refractivity contribution in [2.45, 2.75) is 36.5 Å². The summed E-state index contributed by atoms with van der Waals surface area (Å²) >= 11 is 2.23. The summed E-state index contributed by atoms with van der Waals surface area (Å²) in [4.78, 5) is 10.7. The second kappa shape index (κ2) is 5.73. The number of carboxylic acids is 1. The molecule has 1 saturated carbocycles. The van der Waals surface area contributed by atoms with Gasteiger partial charge in [-0.3, -0.25) is 4.79 Å². The van der Waals surface area contributed by atoms with Crippen LogP contribution in [-0.2, 0) is 4.79 Å². The van der Waals surface area contributed by atoms with Crippen LogP contribution in [0.5, 0.6) is 0 Å². The van der Waals surface area contributed by atoms with Crippen molar-refractivity contribution in [1.82, 2.24) is 0 Å². The molecule has 1 N–H and O–H groups in total. The van der Waals surface area contributed by atoms with Crippen molar-refractivity contribution < 1.29 is 9.90 Å². The molecule has 0 aromatic rings. The van der Waals surface area contributed by atoms with Crippen LogP contribution in [0, 0.1) is 11.8 Å². The molecule has 0 unspecified atom stereocenters. The summed E-state index contributed by atoms with van der Waals surface area (Å²) in [6.45, 7) is 2.19. The van der Waals surface area contributed by atoms with E-state index in [0.717, 1.165) is 6.42 Å². The fourth-order valence-corrected chi connectivity index (χ4v) is 2.82. The molecule has 1 fully saturated rings. The van der Waals surface area contributed by atoms with Crippen molar-refractivity contribution >= 4 is 28.6 Å². The Morgan fingerprint density at radius 2 is 2.21 bits per heavy atom. The van der Waals surface area contributed by atoms with Gasteiger partial charge >= 0.3 is 5.97 Å². The first-order valence-electron chi connectivity index (χ1n) is 5.22. The van der Waals surface area contributed by atoms with Crippen LogP contribution in [0.1, 0.15) is 32.6 Å². The summed E-state index contributed by atoms with van der Waals surface area (Å²) in [6, 6.07) is 0. The average Bonchev–Trinajstić information content (AvgIpc) is 2.76. The topological polar surface area (TPSA) is 37.3 Å². The van der Waals surface area contributed by atoms with E-state index in [2.05, 4.69) is 41.7 Å². The van der Waals surface area contributed by atoms with E-state index >= 15 is 0 Å². The zero-order valence-corrected chi connectivity index (χ0v) is 10.6. The Kier molecular flexibility index (Phi) is 4.92. The van der Waals surface area contributed by atoms with Gasteiger partial charge in [0.05, 0.1) is 5.92 Å². The van der Waals surface area contributed by atoms with Gasteiger partial charge in [0.25, 0.3) is 0 Å². The molecule has 0 saturated heterocycles. The number of unbranched alkanes of at least 4 members (excludes halogenated alkanes) is 3. The molecule has 0 spiro atoms. The number of hydrogen-bond acceptors (Lipinski definition) is 1.